The molecule has 2 aliphatic rings. The molecule has 0 N–H and O–H groups in total. The molecule has 0 saturated heterocycles. The summed E-state index contributed by atoms with van der Waals surface area (Å²) in [5.41, 5.74) is 12.9. The molecule has 0 saturated carbocycles. The van der Waals surface area contributed by atoms with E-state index in [9.17, 15) is 0 Å². The number of benzene rings is 5. The second-order valence-electron chi connectivity index (χ2n) is 10.6. The van der Waals surface area contributed by atoms with Crippen LogP contribution in [0.25, 0.3) is 50.5 Å². The average Bonchev–Trinajstić information content (AvgIpc) is 3.54. The van der Waals surface area contributed by atoms with Crippen LogP contribution in [0.2, 0.25) is 0 Å². The van der Waals surface area contributed by atoms with Gasteiger partial charge in [0, 0.05) is 37.4 Å². The Kier molecular flexibility index (Phi) is 6.46. The van der Waals surface area contributed by atoms with E-state index in [-0.39, 0.29) is 25.5 Å². The van der Waals surface area contributed by atoms with Crippen LogP contribution in [0.3, 0.4) is 0 Å². The van der Waals surface area contributed by atoms with Crippen molar-refractivity contribution in [1.82, 2.24) is 14.5 Å². The third-order valence-electron chi connectivity index (χ3n) is 8.37. The Morgan fingerprint density at radius 3 is 2.29 bits per heavy atom. The second kappa shape index (κ2) is 10.3. The van der Waals surface area contributed by atoms with Crippen LogP contribution in [-0.2, 0) is 25.5 Å². The van der Waals surface area contributed by atoms with Gasteiger partial charge in [-0.05, 0) is 52.2 Å². The van der Waals surface area contributed by atoms with E-state index < -0.39 is 0 Å². The van der Waals surface area contributed by atoms with Crippen molar-refractivity contribution in [1.29, 1.82) is 0 Å². The van der Waals surface area contributed by atoms with Gasteiger partial charge in [0.05, 0.1) is 16.9 Å². The summed E-state index contributed by atoms with van der Waals surface area (Å²) in [4.78, 5) is 9.28. The Hall–Kier alpha value is -4.63. The summed E-state index contributed by atoms with van der Waals surface area (Å²) >= 11 is 0. The molecule has 42 heavy (non-hydrogen) atoms. The maximum Gasteiger partial charge on any atom is 0.0774 e. The molecule has 7 aromatic rings. The Balaban J connectivity index is 0.000000188. The first kappa shape index (κ1) is 26.3. The standard InChI is InChI=1S/C27H17N2.C11H8N.Ir/c1-27-20-12-4-2-9-17(20)18-11-8-16-24(25(18)27)29-23-15-7-6-14-22(23)28-26(29)19-10-3-5-13-21(19)27;1-2-6-10(7-3-1)11-8-4-5-9-12-11;/h2-9,11-16H,1H3;1-6,8-9H;/q2*-1;. The molecule has 9 rings (SSSR count). The van der Waals surface area contributed by atoms with Gasteiger partial charge < -0.3 is 9.55 Å². The Morgan fingerprint density at radius 2 is 1.43 bits per heavy atom. The summed E-state index contributed by atoms with van der Waals surface area (Å²) < 4.78 is 2.33. The van der Waals surface area contributed by atoms with E-state index in [1.807, 2.05) is 48.5 Å². The average molecular weight is 716 g/mol. The van der Waals surface area contributed by atoms with Crippen molar-refractivity contribution in [2.24, 2.45) is 0 Å². The van der Waals surface area contributed by atoms with Gasteiger partial charge in [0.15, 0.2) is 0 Å². The van der Waals surface area contributed by atoms with E-state index in [1.165, 1.54) is 33.5 Å². The van der Waals surface area contributed by atoms with Crippen molar-refractivity contribution in [2.45, 2.75) is 12.3 Å². The summed E-state index contributed by atoms with van der Waals surface area (Å²) in [6.45, 7) is 2.36. The Labute approximate surface area is 258 Å². The molecule has 0 bridgehead atoms. The van der Waals surface area contributed by atoms with Crippen LogP contribution >= 0.6 is 0 Å². The molecule has 0 spiro atoms. The van der Waals surface area contributed by atoms with Crippen molar-refractivity contribution in [3.63, 3.8) is 0 Å². The van der Waals surface area contributed by atoms with Crippen LogP contribution in [0.4, 0.5) is 0 Å². The van der Waals surface area contributed by atoms with Crippen LogP contribution in [0, 0.1) is 12.1 Å². The third-order valence-corrected chi connectivity index (χ3v) is 8.37. The molecular weight excluding hydrogens is 691 g/mol. The van der Waals surface area contributed by atoms with Crippen LogP contribution < -0.4 is 0 Å². The van der Waals surface area contributed by atoms with Gasteiger partial charge in [-0.15, -0.1) is 71.3 Å². The maximum atomic E-state index is 5.06. The first-order chi connectivity index (χ1) is 20.2. The number of para-hydroxylation sites is 2. The Bertz CT molecular complexity index is 2030. The van der Waals surface area contributed by atoms with E-state index in [0.717, 1.165) is 33.7 Å². The predicted molar refractivity (Wildman–Crippen MR) is 165 cm³/mol. The van der Waals surface area contributed by atoms with Gasteiger partial charge in [0.1, 0.15) is 0 Å². The zero-order valence-electron chi connectivity index (χ0n) is 22.9. The molecule has 4 heteroatoms. The molecular formula is C38H25IrN3-2. The van der Waals surface area contributed by atoms with Gasteiger partial charge in [0.25, 0.3) is 0 Å². The first-order valence-electron chi connectivity index (χ1n) is 13.9. The maximum absolute atomic E-state index is 5.06. The third kappa shape index (κ3) is 3.84. The van der Waals surface area contributed by atoms with E-state index in [1.54, 1.807) is 6.20 Å². The molecule has 1 atom stereocenters. The molecule has 3 nitrogen and oxygen atoms in total. The number of hydrogen-bond donors (Lipinski definition) is 0. The molecule has 203 valence electrons. The zero-order valence-corrected chi connectivity index (χ0v) is 25.3. The fourth-order valence-electron chi connectivity index (χ4n) is 6.60. The van der Waals surface area contributed by atoms with E-state index in [0.29, 0.717) is 0 Å². The minimum absolute atomic E-state index is 0. The molecule has 1 aliphatic heterocycles. The molecule has 1 unspecified atom stereocenters. The van der Waals surface area contributed by atoms with Crippen molar-refractivity contribution in [3.8, 4) is 39.5 Å². The number of pyridine rings is 1. The number of aromatic nitrogens is 3. The van der Waals surface area contributed by atoms with Crippen LogP contribution in [0.1, 0.15) is 23.6 Å². The van der Waals surface area contributed by atoms with Gasteiger partial charge in [-0.1, -0.05) is 67.6 Å². The number of imidazole rings is 1. The zero-order chi connectivity index (χ0) is 27.4. The van der Waals surface area contributed by atoms with Crippen LogP contribution in [0.5, 0.6) is 0 Å². The monoisotopic (exact) mass is 716 g/mol. The van der Waals surface area contributed by atoms with Crippen molar-refractivity contribution >= 4 is 11.0 Å². The molecule has 3 heterocycles. The van der Waals surface area contributed by atoms with Crippen LogP contribution in [-0.4, -0.2) is 14.5 Å². The van der Waals surface area contributed by atoms with E-state index in [2.05, 4.69) is 107 Å². The number of fused-ring (bicyclic) bond motifs is 10. The van der Waals surface area contributed by atoms with Gasteiger partial charge in [0.2, 0.25) is 0 Å². The van der Waals surface area contributed by atoms with Crippen LogP contribution in [0.15, 0.2) is 134 Å². The van der Waals surface area contributed by atoms with Gasteiger partial charge in [-0.3, -0.25) is 4.98 Å². The summed E-state index contributed by atoms with van der Waals surface area (Å²) in [6.07, 6.45) is 1.79. The van der Waals surface area contributed by atoms with E-state index >= 15 is 0 Å². The van der Waals surface area contributed by atoms with Crippen molar-refractivity contribution in [2.75, 3.05) is 0 Å². The minimum Gasteiger partial charge on any atom is -0.333 e. The van der Waals surface area contributed by atoms with Gasteiger partial charge in [-0.25, -0.2) is 0 Å². The van der Waals surface area contributed by atoms with E-state index in [4.69, 9.17) is 4.98 Å². The molecule has 1 aliphatic carbocycles. The second-order valence-corrected chi connectivity index (χ2v) is 10.6. The molecule has 1 radical (unpaired) electrons. The normalized spacial score (nSPS) is 15.2. The fraction of sp³-hybridized carbons (Fsp3) is 0.0526. The van der Waals surface area contributed by atoms with Crippen molar-refractivity contribution in [3.05, 3.63) is 162 Å². The van der Waals surface area contributed by atoms with Gasteiger partial charge >= 0.3 is 0 Å². The topological polar surface area (TPSA) is 30.7 Å². The quantitative estimate of drug-likeness (QED) is 0.159. The number of hydrogen-bond acceptors (Lipinski definition) is 2. The summed E-state index contributed by atoms with van der Waals surface area (Å²) in [7, 11) is 0. The largest absolute Gasteiger partial charge is 0.333 e. The summed E-state index contributed by atoms with van der Waals surface area (Å²) in [5.74, 6) is 0.975. The molecule has 0 fully saturated rings. The Morgan fingerprint density at radius 1 is 0.667 bits per heavy atom. The molecule has 5 aromatic carbocycles. The number of rotatable bonds is 1. The fourth-order valence-corrected chi connectivity index (χ4v) is 6.60. The molecule has 0 amide bonds. The van der Waals surface area contributed by atoms with Crippen molar-refractivity contribution < 1.29 is 20.1 Å². The smallest absolute Gasteiger partial charge is 0.0774 e. The number of nitrogens with zero attached hydrogens (tertiary/aromatic N) is 3. The SMILES string of the molecule is CC12c3ccc[c-]c3-c3nc4ccccc4n3-c3cccc(c31)-c1ccccc12.[Ir].[c-]1ccccc1-c1ccccn1. The molecule has 2 aromatic heterocycles. The van der Waals surface area contributed by atoms with Gasteiger partial charge in [-0.2, -0.15) is 0 Å². The predicted octanol–water partition coefficient (Wildman–Crippen LogP) is 8.69. The summed E-state index contributed by atoms with van der Waals surface area (Å²) in [5, 5.41) is 0. The first-order valence-corrected chi connectivity index (χ1v) is 13.9. The minimum atomic E-state index is -0.239. The summed E-state index contributed by atoms with van der Waals surface area (Å²) in [6, 6.07) is 50.6.